The van der Waals surface area contributed by atoms with Crippen LogP contribution < -0.4 is 0 Å². The first-order valence-electron chi connectivity index (χ1n) is 14.1. The molecule has 0 aromatic heterocycles. The Morgan fingerprint density at radius 3 is 2.26 bits per heavy atom. The van der Waals surface area contributed by atoms with Crippen molar-refractivity contribution in [2.24, 2.45) is 52.3 Å². The van der Waals surface area contributed by atoms with Crippen LogP contribution in [-0.4, -0.2) is 50.1 Å². The molecule has 0 saturated heterocycles. The molecule has 0 bridgehead atoms. The topological polar surface area (TPSA) is 98.0 Å². The van der Waals surface area contributed by atoms with E-state index in [4.69, 9.17) is 0 Å². The number of aliphatic hydroxyl groups excluding tert-OH is 3. The maximum absolute atomic E-state index is 13.4. The van der Waals surface area contributed by atoms with Gasteiger partial charge in [-0.1, -0.05) is 48.0 Å². The number of fused-ring (bicyclic) bond motifs is 5. The van der Waals surface area contributed by atoms with Crippen LogP contribution >= 0.6 is 0 Å². The molecule has 4 aliphatic carbocycles. The van der Waals surface area contributed by atoms with Crippen LogP contribution in [0.3, 0.4) is 0 Å². The molecule has 0 amide bonds. The van der Waals surface area contributed by atoms with E-state index in [0.29, 0.717) is 42.9 Å². The molecular weight excluding hydrogens is 428 g/mol. The van der Waals surface area contributed by atoms with E-state index < -0.39 is 29.3 Å². The summed E-state index contributed by atoms with van der Waals surface area (Å²) >= 11 is 0. The highest BCUT2D eigenvalue weighted by Crippen LogP contribution is 2.68. The smallest absolute Gasteiger partial charge is 0.165 e. The van der Waals surface area contributed by atoms with Gasteiger partial charge in [0.1, 0.15) is 5.60 Å². The summed E-state index contributed by atoms with van der Waals surface area (Å²) in [5.74, 6) is 1.66. The van der Waals surface area contributed by atoms with Gasteiger partial charge in [-0.3, -0.25) is 4.79 Å². The van der Waals surface area contributed by atoms with Crippen LogP contribution in [0.25, 0.3) is 0 Å². The summed E-state index contributed by atoms with van der Waals surface area (Å²) in [6, 6.07) is 0. The van der Waals surface area contributed by atoms with E-state index in [9.17, 15) is 25.2 Å². The molecule has 4 saturated carbocycles. The zero-order chi connectivity index (χ0) is 25.2. The number of aliphatic hydroxyl groups is 4. The Kier molecular flexibility index (Phi) is 7.12. The molecule has 12 atom stereocenters. The number of ketones is 1. The average molecular weight is 479 g/mol. The minimum atomic E-state index is -1.39. The Morgan fingerprint density at radius 1 is 0.971 bits per heavy atom. The number of carbonyl (C=O) groups is 1. The fraction of sp³-hybridized carbons (Fsp3) is 0.966. The fourth-order valence-corrected chi connectivity index (χ4v) is 9.83. The van der Waals surface area contributed by atoms with Gasteiger partial charge in [-0.25, -0.2) is 0 Å². The van der Waals surface area contributed by atoms with Gasteiger partial charge in [0.15, 0.2) is 5.78 Å². The van der Waals surface area contributed by atoms with Crippen molar-refractivity contribution in [3.05, 3.63) is 0 Å². The minimum Gasteiger partial charge on any atom is -0.393 e. The Bertz CT molecular complexity index is 768. The fourth-order valence-electron chi connectivity index (χ4n) is 9.83. The number of Topliss-reactive ketones (excluding diaryl/α,β-unsaturated/α-hetero) is 1. The van der Waals surface area contributed by atoms with Crippen molar-refractivity contribution in [2.45, 2.75) is 123 Å². The third-order valence-electron chi connectivity index (χ3n) is 12.0. The van der Waals surface area contributed by atoms with E-state index in [1.165, 1.54) is 0 Å². The van der Waals surface area contributed by atoms with Crippen molar-refractivity contribution in [2.75, 3.05) is 0 Å². The van der Waals surface area contributed by atoms with Gasteiger partial charge in [0.25, 0.3) is 0 Å². The SMILES string of the molecule is CC[C@@H](C(C)C)[C@@H](O)[C@H](O)[C@@H](C)[C@H]1CC[C@H]2[C@@H]3CC(=O)[C@@]4(O)C[C@H](O)CC[C@]4(C)[C@H]3CC[C@]12C. The van der Waals surface area contributed by atoms with Gasteiger partial charge < -0.3 is 20.4 Å². The first-order valence-corrected chi connectivity index (χ1v) is 14.1. The monoisotopic (exact) mass is 478 g/mol. The highest BCUT2D eigenvalue weighted by molar-refractivity contribution is 5.89. The predicted molar refractivity (Wildman–Crippen MR) is 133 cm³/mol. The Balaban J connectivity index is 1.57. The molecule has 0 unspecified atom stereocenters. The lowest BCUT2D eigenvalue weighted by Crippen LogP contribution is -2.67. The maximum Gasteiger partial charge on any atom is 0.165 e. The Labute approximate surface area is 206 Å². The van der Waals surface area contributed by atoms with Crippen molar-refractivity contribution in [3.63, 3.8) is 0 Å². The van der Waals surface area contributed by atoms with Crippen molar-refractivity contribution < 1.29 is 25.2 Å². The first-order chi connectivity index (χ1) is 15.8. The van der Waals surface area contributed by atoms with Crippen LogP contribution in [0.1, 0.15) is 99.3 Å². The van der Waals surface area contributed by atoms with Crippen molar-refractivity contribution in [1.29, 1.82) is 0 Å². The van der Waals surface area contributed by atoms with Gasteiger partial charge in [0.2, 0.25) is 0 Å². The van der Waals surface area contributed by atoms with Crippen molar-refractivity contribution >= 4 is 5.78 Å². The van der Waals surface area contributed by atoms with E-state index >= 15 is 0 Å². The molecule has 0 spiro atoms. The molecule has 0 heterocycles. The molecule has 196 valence electrons. The zero-order valence-electron chi connectivity index (χ0n) is 22.3. The highest BCUT2D eigenvalue weighted by Gasteiger charge is 2.67. The number of hydrogen-bond acceptors (Lipinski definition) is 5. The van der Waals surface area contributed by atoms with Crippen LogP contribution in [-0.2, 0) is 4.79 Å². The molecule has 0 aliphatic heterocycles. The van der Waals surface area contributed by atoms with Crippen LogP contribution in [0.2, 0.25) is 0 Å². The standard InChI is InChI=1S/C29H50O5/c1-7-19(16(2)3)26(33)25(32)17(4)21-8-9-22-20-14-24(31)29(34)15-18(30)10-13-28(29,6)23(20)11-12-27(21,22)5/h16-23,25-26,30,32-34H,7-15H2,1-6H3/t17-,18+,19-,20-,21+,22-,23-,25+,26+,27+,28+,29-/m0/s1. The lowest BCUT2D eigenvalue weighted by Gasteiger charge is -2.63. The van der Waals surface area contributed by atoms with Crippen LogP contribution in [0.15, 0.2) is 0 Å². The summed E-state index contributed by atoms with van der Waals surface area (Å²) in [5.41, 5.74) is -1.81. The first kappa shape index (κ1) is 26.6. The quantitative estimate of drug-likeness (QED) is 0.455. The van der Waals surface area contributed by atoms with Gasteiger partial charge in [-0.05, 0) is 85.4 Å². The lowest BCUT2D eigenvalue weighted by atomic mass is 9.42. The maximum atomic E-state index is 13.4. The second kappa shape index (κ2) is 9.11. The summed E-state index contributed by atoms with van der Waals surface area (Å²) in [4.78, 5) is 13.4. The van der Waals surface area contributed by atoms with E-state index in [-0.39, 0.29) is 35.4 Å². The van der Waals surface area contributed by atoms with E-state index in [1.807, 2.05) is 0 Å². The third kappa shape index (κ3) is 3.74. The molecule has 4 aliphatic rings. The zero-order valence-corrected chi connectivity index (χ0v) is 22.3. The van der Waals surface area contributed by atoms with E-state index in [2.05, 4.69) is 41.5 Å². The predicted octanol–water partition coefficient (Wildman–Crippen LogP) is 4.34. The molecular formula is C29H50O5. The van der Waals surface area contributed by atoms with Gasteiger partial charge in [-0.15, -0.1) is 0 Å². The second-order valence-corrected chi connectivity index (χ2v) is 13.6. The van der Waals surface area contributed by atoms with Gasteiger partial charge >= 0.3 is 0 Å². The van der Waals surface area contributed by atoms with E-state index in [0.717, 1.165) is 32.1 Å². The molecule has 0 radical (unpaired) electrons. The summed E-state index contributed by atoms with van der Waals surface area (Å²) in [6.07, 6.45) is 4.92. The van der Waals surface area contributed by atoms with Gasteiger partial charge in [-0.2, -0.15) is 0 Å². The molecule has 4 N–H and O–H groups in total. The third-order valence-corrected chi connectivity index (χ3v) is 12.0. The molecule has 4 fully saturated rings. The molecule has 0 aromatic carbocycles. The molecule has 0 aromatic rings. The normalized spacial score (nSPS) is 48.0. The van der Waals surface area contributed by atoms with Crippen LogP contribution in [0.4, 0.5) is 0 Å². The molecule has 5 heteroatoms. The Hall–Kier alpha value is -0.490. The van der Waals surface area contributed by atoms with Gasteiger partial charge in [0.05, 0.1) is 18.3 Å². The molecule has 34 heavy (non-hydrogen) atoms. The van der Waals surface area contributed by atoms with Crippen molar-refractivity contribution in [3.8, 4) is 0 Å². The lowest BCUT2D eigenvalue weighted by molar-refractivity contribution is -0.214. The number of rotatable bonds is 6. The number of hydrogen-bond donors (Lipinski definition) is 4. The summed E-state index contributed by atoms with van der Waals surface area (Å²) in [6.45, 7) is 12.9. The highest BCUT2D eigenvalue weighted by atomic mass is 16.3. The largest absolute Gasteiger partial charge is 0.393 e. The molecule has 4 rings (SSSR count). The van der Waals surface area contributed by atoms with Crippen LogP contribution in [0, 0.1) is 52.3 Å². The minimum absolute atomic E-state index is 0.00555. The average Bonchev–Trinajstić information content (AvgIpc) is 3.12. The van der Waals surface area contributed by atoms with E-state index in [1.54, 1.807) is 0 Å². The molecule has 5 nitrogen and oxygen atoms in total. The summed E-state index contributed by atoms with van der Waals surface area (Å²) < 4.78 is 0. The Morgan fingerprint density at radius 2 is 1.65 bits per heavy atom. The number of carbonyl (C=O) groups excluding carboxylic acids is 1. The van der Waals surface area contributed by atoms with Crippen LogP contribution in [0.5, 0.6) is 0 Å². The second-order valence-electron chi connectivity index (χ2n) is 13.6. The summed E-state index contributed by atoms with van der Waals surface area (Å²) in [7, 11) is 0. The van der Waals surface area contributed by atoms with Gasteiger partial charge in [0, 0.05) is 18.3 Å². The van der Waals surface area contributed by atoms with Crippen molar-refractivity contribution in [1.82, 2.24) is 0 Å². The summed E-state index contributed by atoms with van der Waals surface area (Å²) in [5, 5.41) is 44.1.